The summed E-state index contributed by atoms with van der Waals surface area (Å²) in [5.74, 6) is -0.179. The molecule has 3 heterocycles. The lowest BCUT2D eigenvalue weighted by atomic mass is 10.2. The summed E-state index contributed by atoms with van der Waals surface area (Å²) in [6.07, 6.45) is 0.802. The summed E-state index contributed by atoms with van der Waals surface area (Å²) in [6.45, 7) is 2.61. The zero-order valence-corrected chi connectivity index (χ0v) is 16.3. The van der Waals surface area contributed by atoms with Gasteiger partial charge in [-0.25, -0.2) is 0 Å². The van der Waals surface area contributed by atoms with Crippen LogP contribution in [-0.2, 0) is 13.0 Å². The van der Waals surface area contributed by atoms with Crippen molar-refractivity contribution in [3.05, 3.63) is 63.1 Å². The van der Waals surface area contributed by atoms with Crippen molar-refractivity contribution in [2.45, 2.75) is 19.9 Å². The molecule has 8 heteroatoms. The van der Waals surface area contributed by atoms with Gasteiger partial charge in [0.1, 0.15) is 10.7 Å². The molecule has 0 atom stereocenters. The minimum Gasteiger partial charge on any atom is -0.331 e. The first-order chi connectivity index (χ1) is 12.6. The molecule has 0 aliphatic heterocycles. The molecule has 0 radical (unpaired) electrons. The van der Waals surface area contributed by atoms with Gasteiger partial charge in [0, 0.05) is 11.6 Å². The third-order valence-electron chi connectivity index (χ3n) is 4.00. The second-order valence-corrected chi connectivity index (χ2v) is 8.17. The van der Waals surface area contributed by atoms with Crippen LogP contribution in [0.15, 0.2) is 41.8 Å². The Morgan fingerprint density at radius 3 is 2.77 bits per heavy atom. The molecule has 0 aliphatic rings. The zero-order chi connectivity index (χ0) is 18.1. The highest BCUT2D eigenvalue weighted by Gasteiger charge is 2.18. The van der Waals surface area contributed by atoms with E-state index < -0.39 is 0 Å². The number of fused-ring (bicyclic) bond motifs is 1. The van der Waals surface area contributed by atoms with Gasteiger partial charge >= 0.3 is 0 Å². The van der Waals surface area contributed by atoms with Crippen LogP contribution in [0.4, 0.5) is 5.13 Å². The van der Waals surface area contributed by atoms with Crippen LogP contribution >= 0.6 is 34.3 Å². The van der Waals surface area contributed by atoms with Crippen molar-refractivity contribution in [3.63, 3.8) is 0 Å². The lowest BCUT2D eigenvalue weighted by molar-refractivity contribution is 0.101. The highest BCUT2D eigenvalue weighted by Crippen LogP contribution is 2.27. The van der Waals surface area contributed by atoms with Crippen LogP contribution in [0.2, 0.25) is 5.02 Å². The van der Waals surface area contributed by atoms with Gasteiger partial charge in [-0.15, -0.1) is 21.5 Å². The molecule has 0 unspecified atom stereocenters. The van der Waals surface area contributed by atoms with E-state index in [9.17, 15) is 4.79 Å². The second-order valence-electron chi connectivity index (χ2n) is 5.72. The minimum absolute atomic E-state index is 0.179. The average Bonchev–Trinajstić information content (AvgIpc) is 3.34. The van der Waals surface area contributed by atoms with Crippen molar-refractivity contribution < 1.29 is 4.79 Å². The van der Waals surface area contributed by atoms with Gasteiger partial charge in [0.15, 0.2) is 0 Å². The van der Waals surface area contributed by atoms with Gasteiger partial charge in [-0.2, -0.15) is 0 Å². The Morgan fingerprint density at radius 1 is 1.23 bits per heavy atom. The molecule has 4 rings (SSSR count). The number of thiophene rings is 1. The molecule has 1 N–H and O–H groups in total. The summed E-state index contributed by atoms with van der Waals surface area (Å²) >= 11 is 9.00. The van der Waals surface area contributed by atoms with Crippen molar-refractivity contribution in [1.29, 1.82) is 0 Å². The number of aryl methyl sites for hydroxylation is 1. The Kier molecular flexibility index (Phi) is 4.76. The number of nitrogens with zero attached hydrogens (tertiary/aromatic N) is 3. The summed E-state index contributed by atoms with van der Waals surface area (Å²) in [7, 11) is 0. The van der Waals surface area contributed by atoms with Gasteiger partial charge in [0.25, 0.3) is 5.91 Å². The van der Waals surface area contributed by atoms with Crippen LogP contribution in [0.3, 0.4) is 0 Å². The number of rotatable bonds is 5. The number of carbonyl (C=O) groups excluding carboxylic acids is 1. The lowest BCUT2D eigenvalue weighted by Gasteiger charge is -2.10. The average molecular weight is 403 g/mol. The molecule has 1 aromatic carbocycles. The zero-order valence-electron chi connectivity index (χ0n) is 13.9. The number of amides is 1. The fourth-order valence-electron chi connectivity index (χ4n) is 2.72. The number of carbonyl (C=O) groups is 1. The number of hydrogen-bond acceptors (Lipinski definition) is 5. The molecule has 5 nitrogen and oxygen atoms in total. The van der Waals surface area contributed by atoms with Crippen molar-refractivity contribution in [3.8, 4) is 0 Å². The third-order valence-corrected chi connectivity index (χ3v) is 6.09. The Balaban J connectivity index is 1.66. The van der Waals surface area contributed by atoms with E-state index in [1.54, 1.807) is 11.3 Å². The Bertz CT molecular complexity index is 1060. The number of aromatic nitrogens is 3. The fourth-order valence-corrected chi connectivity index (χ4v) is 4.34. The van der Waals surface area contributed by atoms with E-state index in [1.807, 2.05) is 53.3 Å². The maximum atomic E-state index is 12.8. The predicted molar refractivity (Wildman–Crippen MR) is 108 cm³/mol. The van der Waals surface area contributed by atoms with Crippen LogP contribution in [0, 0.1) is 0 Å². The lowest BCUT2D eigenvalue weighted by Crippen LogP contribution is -2.17. The molecule has 0 bridgehead atoms. The molecule has 0 fully saturated rings. The van der Waals surface area contributed by atoms with Crippen LogP contribution in [0.1, 0.15) is 28.0 Å². The number of anilines is 1. The normalized spacial score (nSPS) is 11.2. The van der Waals surface area contributed by atoms with Gasteiger partial charge in [0.05, 0.1) is 10.2 Å². The van der Waals surface area contributed by atoms with Crippen LogP contribution < -0.4 is 5.32 Å². The van der Waals surface area contributed by atoms with Crippen LogP contribution in [0.25, 0.3) is 10.2 Å². The number of benzene rings is 1. The molecule has 1 amide bonds. The first-order valence-electron chi connectivity index (χ1n) is 8.09. The van der Waals surface area contributed by atoms with E-state index in [4.69, 9.17) is 11.6 Å². The van der Waals surface area contributed by atoms with Crippen molar-refractivity contribution >= 4 is 55.5 Å². The molecule has 0 aliphatic carbocycles. The van der Waals surface area contributed by atoms with E-state index >= 15 is 0 Å². The highest BCUT2D eigenvalue weighted by molar-refractivity contribution is 7.17. The number of halogens is 1. The summed E-state index contributed by atoms with van der Waals surface area (Å²) < 4.78 is 3.10. The maximum Gasteiger partial charge on any atom is 0.274 e. The maximum absolute atomic E-state index is 12.8. The van der Waals surface area contributed by atoms with Crippen molar-refractivity contribution in [1.82, 2.24) is 14.8 Å². The van der Waals surface area contributed by atoms with Crippen molar-refractivity contribution in [2.24, 2.45) is 0 Å². The Labute approximate surface area is 163 Å². The first kappa shape index (κ1) is 17.2. The minimum atomic E-state index is -0.179. The summed E-state index contributed by atoms with van der Waals surface area (Å²) in [4.78, 5) is 12.8. The van der Waals surface area contributed by atoms with E-state index in [2.05, 4.69) is 15.5 Å². The summed E-state index contributed by atoms with van der Waals surface area (Å²) in [6, 6.07) is 11.6. The van der Waals surface area contributed by atoms with Crippen molar-refractivity contribution in [2.75, 3.05) is 5.32 Å². The smallest absolute Gasteiger partial charge is 0.274 e. The SMILES string of the molecule is CCc1nnc(NC(=O)c2cc3sccc3n2Cc2ccc(Cl)cc2)s1. The molecule has 132 valence electrons. The Morgan fingerprint density at radius 2 is 2.04 bits per heavy atom. The number of nitrogens with one attached hydrogen (secondary N) is 1. The standard InChI is InChI=1S/C18H15ClN4OS2/c1-2-16-21-22-18(26-16)20-17(24)14-9-15-13(7-8-25-15)23(14)10-11-3-5-12(19)6-4-11/h3-9H,2,10H2,1H3,(H,20,22,24). The van der Waals surface area contributed by atoms with Gasteiger partial charge in [0.2, 0.25) is 5.13 Å². The largest absolute Gasteiger partial charge is 0.331 e. The van der Waals surface area contributed by atoms with Crippen LogP contribution in [0.5, 0.6) is 0 Å². The van der Waals surface area contributed by atoms with Gasteiger partial charge in [-0.3, -0.25) is 10.1 Å². The fraction of sp³-hybridized carbons (Fsp3) is 0.167. The van der Waals surface area contributed by atoms with Gasteiger partial charge in [-0.1, -0.05) is 42.0 Å². The topological polar surface area (TPSA) is 59.8 Å². The molecule has 4 aromatic rings. The van der Waals surface area contributed by atoms with E-state index in [-0.39, 0.29) is 5.91 Å². The van der Waals surface area contributed by atoms with E-state index in [0.29, 0.717) is 22.4 Å². The quantitative estimate of drug-likeness (QED) is 0.507. The molecule has 26 heavy (non-hydrogen) atoms. The van der Waals surface area contributed by atoms with E-state index in [1.165, 1.54) is 11.3 Å². The molecule has 3 aromatic heterocycles. The summed E-state index contributed by atoms with van der Waals surface area (Å²) in [5, 5.41) is 15.1. The Hall–Kier alpha value is -2.22. The molecule has 0 saturated carbocycles. The number of hydrogen-bond donors (Lipinski definition) is 1. The predicted octanol–water partition coefficient (Wildman–Crippen LogP) is 5.07. The summed E-state index contributed by atoms with van der Waals surface area (Å²) in [5.41, 5.74) is 2.73. The molecular weight excluding hydrogens is 388 g/mol. The van der Waals surface area contributed by atoms with Gasteiger partial charge < -0.3 is 4.57 Å². The van der Waals surface area contributed by atoms with E-state index in [0.717, 1.165) is 27.2 Å². The van der Waals surface area contributed by atoms with Gasteiger partial charge in [-0.05, 0) is 41.6 Å². The highest BCUT2D eigenvalue weighted by atomic mass is 35.5. The molecular formula is C18H15ClN4OS2. The third kappa shape index (κ3) is 3.38. The van der Waals surface area contributed by atoms with Crippen LogP contribution in [-0.4, -0.2) is 20.7 Å². The molecule has 0 spiro atoms. The first-order valence-corrected chi connectivity index (χ1v) is 10.2. The molecule has 0 saturated heterocycles. The second kappa shape index (κ2) is 7.19. The monoisotopic (exact) mass is 402 g/mol.